The van der Waals surface area contributed by atoms with Crippen molar-refractivity contribution in [3.8, 4) is 0 Å². The van der Waals surface area contributed by atoms with Crippen LogP contribution in [0.4, 0.5) is 0 Å². The number of nitrogens with one attached hydrogen (secondary N) is 1. The van der Waals surface area contributed by atoms with E-state index in [0.29, 0.717) is 11.0 Å². The van der Waals surface area contributed by atoms with E-state index in [1.54, 1.807) is 0 Å². The van der Waals surface area contributed by atoms with Crippen LogP contribution in [-0.4, -0.2) is 11.6 Å². The van der Waals surface area contributed by atoms with E-state index in [0.717, 1.165) is 6.04 Å². The SMILES string of the molecule is CCC1(C)NC1C(C)(C)C. The first-order valence-electron chi connectivity index (χ1n) is 4.18. The van der Waals surface area contributed by atoms with Gasteiger partial charge in [-0.25, -0.2) is 0 Å². The molecule has 1 N–H and O–H groups in total. The molecule has 1 aliphatic heterocycles. The number of hydrogen-bond donors (Lipinski definition) is 1. The van der Waals surface area contributed by atoms with Crippen LogP contribution in [0.1, 0.15) is 41.0 Å². The third-order valence-electron chi connectivity index (χ3n) is 2.63. The van der Waals surface area contributed by atoms with Crippen molar-refractivity contribution in [3.05, 3.63) is 0 Å². The fourth-order valence-electron chi connectivity index (χ4n) is 1.77. The lowest BCUT2D eigenvalue weighted by Gasteiger charge is -2.18. The van der Waals surface area contributed by atoms with Crippen molar-refractivity contribution >= 4 is 0 Å². The summed E-state index contributed by atoms with van der Waals surface area (Å²) in [5.41, 5.74) is 0.878. The molecule has 1 saturated heterocycles. The van der Waals surface area contributed by atoms with Gasteiger partial charge in [0.05, 0.1) is 0 Å². The van der Waals surface area contributed by atoms with Crippen LogP contribution in [0, 0.1) is 5.41 Å². The molecule has 0 saturated carbocycles. The summed E-state index contributed by atoms with van der Waals surface area (Å²) in [5.74, 6) is 0. The minimum Gasteiger partial charge on any atom is -0.305 e. The molecule has 1 nitrogen and oxygen atoms in total. The summed E-state index contributed by atoms with van der Waals surface area (Å²) in [4.78, 5) is 0. The van der Waals surface area contributed by atoms with Crippen LogP contribution in [0.5, 0.6) is 0 Å². The molecular weight excluding hydrogens is 122 g/mol. The van der Waals surface area contributed by atoms with Gasteiger partial charge in [-0.2, -0.15) is 0 Å². The molecule has 1 aliphatic rings. The predicted octanol–water partition coefficient (Wildman–Crippen LogP) is 2.17. The molecule has 2 unspecified atom stereocenters. The maximum absolute atomic E-state index is 3.53. The van der Waals surface area contributed by atoms with Crippen LogP contribution in [0.25, 0.3) is 0 Å². The highest BCUT2D eigenvalue weighted by Crippen LogP contribution is 2.41. The summed E-state index contributed by atoms with van der Waals surface area (Å²) in [6, 6.07) is 0.727. The Kier molecular flexibility index (Phi) is 1.59. The van der Waals surface area contributed by atoms with E-state index in [1.807, 2.05) is 0 Å². The van der Waals surface area contributed by atoms with E-state index in [9.17, 15) is 0 Å². The van der Waals surface area contributed by atoms with Crippen LogP contribution >= 0.6 is 0 Å². The standard InChI is InChI=1S/C9H19N/c1-6-9(5)7(10-9)8(2,3)4/h7,10H,6H2,1-5H3. The fourth-order valence-corrected chi connectivity index (χ4v) is 1.77. The highest BCUT2D eigenvalue weighted by molar-refractivity contribution is 5.14. The van der Waals surface area contributed by atoms with Gasteiger partial charge in [-0.15, -0.1) is 0 Å². The Balaban J connectivity index is 2.52. The van der Waals surface area contributed by atoms with Gasteiger partial charge in [0, 0.05) is 11.6 Å². The Labute approximate surface area is 64.2 Å². The molecule has 0 aromatic rings. The van der Waals surface area contributed by atoms with Gasteiger partial charge >= 0.3 is 0 Å². The molecule has 0 spiro atoms. The molecule has 60 valence electrons. The quantitative estimate of drug-likeness (QED) is 0.555. The van der Waals surface area contributed by atoms with Gasteiger partial charge in [0.15, 0.2) is 0 Å². The highest BCUT2D eigenvalue weighted by atomic mass is 15.2. The Hall–Kier alpha value is -0.0400. The topological polar surface area (TPSA) is 21.9 Å². The molecule has 0 aromatic heterocycles. The number of rotatable bonds is 1. The van der Waals surface area contributed by atoms with Gasteiger partial charge in [0.1, 0.15) is 0 Å². The highest BCUT2D eigenvalue weighted by Gasteiger charge is 2.53. The Morgan fingerprint density at radius 1 is 1.40 bits per heavy atom. The summed E-state index contributed by atoms with van der Waals surface area (Å²) in [6.45, 7) is 11.4. The lowest BCUT2D eigenvalue weighted by atomic mass is 9.84. The van der Waals surface area contributed by atoms with Gasteiger partial charge in [-0.1, -0.05) is 27.7 Å². The van der Waals surface area contributed by atoms with Crippen LogP contribution in [0.15, 0.2) is 0 Å². The second-order valence-corrected chi connectivity index (χ2v) is 4.71. The molecule has 1 fully saturated rings. The predicted molar refractivity (Wildman–Crippen MR) is 45.1 cm³/mol. The van der Waals surface area contributed by atoms with E-state index in [4.69, 9.17) is 0 Å². The normalized spacial score (nSPS) is 39.9. The van der Waals surface area contributed by atoms with Crippen molar-refractivity contribution in [2.45, 2.75) is 52.6 Å². The summed E-state index contributed by atoms with van der Waals surface area (Å²) in [6.07, 6.45) is 1.24. The monoisotopic (exact) mass is 141 g/mol. The molecule has 2 atom stereocenters. The molecule has 0 amide bonds. The van der Waals surface area contributed by atoms with E-state index >= 15 is 0 Å². The third kappa shape index (κ3) is 1.20. The van der Waals surface area contributed by atoms with E-state index in [-0.39, 0.29) is 0 Å². The van der Waals surface area contributed by atoms with Crippen molar-refractivity contribution in [2.75, 3.05) is 0 Å². The summed E-state index contributed by atoms with van der Waals surface area (Å²) in [7, 11) is 0. The molecule has 1 heteroatoms. The molecule has 0 radical (unpaired) electrons. The Bertz CT molecular complexity index is 134. The largest absolute Gasteiger partial charge is 0.305 e. The van der Waals surface area contributed by atoms with Crippen LogP contribution in [0.2, 0.25) is 0 Å². The smallest absolute Gasteiger partial charge is 0.0312 e. The van der Waals surface area contributed by atoms with Gasteiger partial charge in [0.25, 0.3) is 0 Å². The minimum atomic E-state index is 0.435. The summed E-state index contributed by atoms with van der Waals surface area (Å²) >= 11 is 0. The minimum absolute atomic E-state index is 0.435. The van der Waals surface area contributed by atoms with Gasteiger partial charge in [-0.3, -0.25) is 0 Å². The first-order valence-corrected chi connectivity index (χ1v) is 4.18. The average molecular weight is 141 g/mol. The second-order valence-electron chi connectivity index (χ2n) is 4.71. The average Bonchev–Trinajstić information content (AvgIpc) is 2.43. The first kappa shape index (κ1) is 8.06. The second kappa shape index (κ2) is 1.97. The van der Waals surface area contributed by atoms with Crippen molar-refractivity contribution in [1.82, 2.24) is 5.32 Å². The van der Waals surface area contributed by atoms with Crippen molar-refractivity contribution in [3.63, 3.8) is 0 Å². The van der Waals surface area contributed by atoms with Crippen LogP contribution in [-0.2, 0) is 0 Å². The lowest BCUT2D eigenvalue weighted by molar-refractivity contribution is 0.374. The first-order chi connectivity index (χ1) is 4.40. The molecule has 1 heterocycles. The zero-order valence-electron chi connectivity index (χ0n) is 7.78. The van der Waals surface area contributed by atoms with Gasteiger partial charge in [-0.05, 0) is 18.8 Å². The van der Waals surface area contributed by atoms with Crippen LogP contribution in [0.3, 0.4) is 0 Å². The molecule has 0 aromatic carbocycles. The Morgan fingerprint density at radius 3 is 2.00 bits per heavy atom. The molecule has 10 heavy (non-hydrogen) atoms. The van der Waals surface area contributed by atoms with E-state index in [1.165, 1.54) is 6.42 Å². The van der Waals surface area contributed by atoms with Gasteiger partial charge < -0.3 is 5.32 Å². The Morgan fingerprint density at radius 2 is 1.90 bits per heavy atom. The zero-order chi connectivity index (χ0) is 7.99. The maximum atomic E-state index is 3.53. The zero-order valence-corrected chi connectivity index (χ0v) is 7.78. The van der Waals surface area contributed by atoms with Crippen LogP contribution < -0.4 is 5.32 Å². The lowest BCUT2D eigenvalue weighted by Crippen LogP contribution is -2.21. The van der Waals surface area contributed by atoms with E-state index in [2.05, 4.69) is 39.9 Å². The van der Waals surface area contributed by atoms with E-state index < -0.39 is 0 Å². The molecule has 1 rings (SSSR count). The fraction of sp³-hybridized carbons (Fsp3) is 1.00. The number of hydrogen-bond acceptors (Lipinski definition) is 1. The maximum Gasteiger partial charge on any atom is 0.0312 e. The molecular formula is C9H19N. The third-order valence-corrected chi connectivity index (χ3v) is 2.63. The van der Waals surface area contributed by atoms with Crippen molar-refractivity contribution in [2.24, 2.45) is 5.41 Å². The van der Waals surface area contributed by atoms with Crippen molar-refractivity contribution in [1.29, 1.82) is 0 Å². The summed E-state index contributed by atoms with van der Waals surface area (Å²) < 4.78 is 0. The van der Waals surface area contributed by atoms with Gasteiger partial charge in [0.2, 0.25) is 0 Å². The molecule has 0 bridgehead atoms. The van der Waals surface area contributed by atoms with Crippen molar-refractivity contribution < 1.29 is 0 Å². The molecule has 0 aliphatic carbocycles. The summed E-state index contributed by atoms with van der Waals surface area (Å²) in [5, 5.41) is 3.53.